The van der Waals surface area contributed by atoms with E-state index < -0.39 is 43.7 Å². The summed E-state index contributed by atoms with van der Waals surface area (Å²) in [5.41, 5.74) is -3.41. The van der Waals surface area contributed by atoms with Gasteiger partial charge in [0, 0.05) is 6.42 Å². The van der Waals surface area contributed by atoms with Crippen molar-refractivity contribution in [3.8, 4) is 0 Å². The Hall–Kier alpha value is -1.12. The fraction of sp³-hybridized carbons (Fsp3) is 0.875. The summed E-state index contributed by atoms with van der Waals surface area (Å²) in [6.07, 6.45) is -8.09. The minimum atomic E-state index is -4.70. The van der Waals surface area contributed by atoms with Gasteiger partial charge in [0.1, 0.15) is 12.7 Å². The third-order valence-corrected chi connectivity index (χ3v) is 2.10. The first-order valence-corrected chi connectivity index (χ1v) is 4.50. The number of ether oxygens (including phenoxy) is 3. The Labute approximate surface area is 92.6 Å². The van der Waals surface area contributed by atoms with Crippen LogP contribution in [0.2, 0.25) is 0 Å². The second-order valence-corrected chi connectivity index (χ2v) is 3.60. The van der Waals surface area contributed by atoms with Crippen LogP contribution in [0, 0.1) is 0 Å². The lowest BCUT2D eigenvalue weighted by Gasteiger charge is -2.30. The van der Waals surface area contributed by atoms with Crippen LogP contribution in [0.3, 0.4) is 0 Å². The largest absolute Gasteiger partial charge is 0.508 e. The van der Waals surface area contributed by atoms with Crippen molar-refractivity contribution < 1.29 is 41.0 Å². The zero-order chi connectivity index (χ0) is 13.3. The van der Waals surface area contributed by atoms with Gasteiger partial charge < -0.3 is 9.47 Å². The lowest BCUT2D eigenvalue weighted by Crippen LogP contribution is -2.47. The van der Waals surface area contributed by atoms with E-state index in [2.05, 4.69) is 14.2 Å². The van der Waals surface area contributed by atoms with Crippen LogP contribution >= 0.6 is 0 Å². The van der Waals surface area contributed by atoms with Crippen LogP contribution < -0.4 is 0 Å². The standard InChI is InChI=1S/C8H9F5O4/c1-7(11,8(12,13)17-5(9)10)2-4-3-15-6(14)16-4/h4-5H,2-3H2,1H3. The maximum Gasteiger partial charge on any atom is 0.508 e. The Kier molecular flexibility index (Phi) is 3.80. The number of alkyl halides is 5. The van der Waals surface area contributed by atoms with Gasteiger partial charge in [-0.2, -0.15) is 17.6 Å². The summed E-state index contributed by atoms with van der Waals surface area (Å²) in [5, 5.41) is 0. The molecule has 0 aromatic rings. The highest BCUT2D eigenvalue weighted by molar-refractivity contribution is 5.61. The molecule has 0 amide bonds. The molecule has 1 heterocycles. The molecule has 9 heteroatoms. The maximum atomic E-state index is 13.6. The quantitative estimate of drug-likeness (QED) is 0.565. The summed E-state index contributed by atoms with van der Waals surface area (Å²) in [7, 11) is 0. The van der Waals surface area contributed by atoms with Crippen molar-refractivity contribution >= 4 is 6.16 Å². The number of rotatable bonds is 5. The number of carbonyl (C=O) groups excluding carboxylic acids is 1. The van der Waals surface area contributed by atoms with Crippen LogP contribution in [-0.2, 0) is 14.2 Å². The van der Waals surface area contributed by atoms with Gasteiger partial charge in [-0.25, -0.2) is 9.18 Å². The highest BCUT2D eigenvalue weighted by atomic mass is 19.3. The Balaban J connectivity index is 2.63. The first kappa shape index (κ1) is 13.9. The normalized spacial score (nSPS) is 24.4. The summed E-state index contributed by atoms with van der Waals surface area (Å²) >= 11 is 0. The van der Waals surface area contributed by atoms with E-state index in [1.165, 1.54) is 0 Å². The van der Waals surface area contributed by atoms with E-state index in [1.54, 1.807) is 0 Å². The molecule has 1 aliphatic rings. The Morgan fingerprint density at radius 2 is 2.06 bits per heavy atom. The molecule has 1 saturated heterocycles. The van der Waals surface area contributed by atoms with Crippen LogP contribution in [0.15, 0.2) is 0 Å². The predicted octanol–water partition coefficient (Wildman–Crippen LogP) is 2.47. The van der Waals surface area contributed by atoms with Crippen molar-refractivity contribution in [2.24, 2.45) is 0 Å². The van der Waals surface area contributed by atoms with Gasteiger partial charge in [-0.1, -0.05) is 0 Å². The molecule has 1 aliphatic heterocycles. The fourth-order valence-electron chi connectivity index (χ4n) is 1.25. The average molecular weight is 264 g/mol. The number of hydrogen-bond acceptors (Lipinski definition) is 4. The molecule has 0 saturated carbocycles. The summed E-state index contributed by atoms with van der Waals surface area (Å²) in [6, 6.07) is 0. The van der Waals surface area contributed by atoms with Gasteiger partial charge in [0.2, 0.25) is 5.67 Å². The van der Waals surface area contributed by atoms with Gasteiger partial charge in [0.25, 0.3) is 0 Å². The fourth-order valence-corrected chi connectivity index (χ4v) is 1.25. The van der Waals surface area contributed by atoms with E-state index in [4.69, 9.17) is 0 Å². The molecule has 0 N–H and O–H groups in total. The van der Waals surface area contributed by atoms with Gasteiger partial charge in [0.15, 0.2) is 0 Å². The van der Waals surface area contributed by atoms with Crippen LogP contribution in [0.4, 0.5) is 26.7 Å². The molecule has 2 atom stereocenters. The Morgan fingerprint density at radius 3 is 2.47 bits per heavy atom. The van der Waals surface area contributed by atoms with Crippen molar-refractivity contribution in [1.82, 2.24) is 0 Å². The SMILES string of the molecule is CC(F)(CC1COC(=O)O1)C(F)(F)OC(F)F. The molecule has 0 aromatic heterocycles. The van der Waals surface area contributed by atoms with Crippen molar-refractivity contribution in [1.29, 1.82) is 0 Å². The highest BCUT2D eigenvalue weighted by Gasteiger charge is 2.56. The lowest BCUT2D eigenvalue weighted by atomic mass is 9.99. The zero-order valence-corrected chi connectivity index (χ0v) is 8.59. The summed E-state index contributed by atoms with van der Waals surface area (Å²) in [4.78, 5) is 10.5. The number of hydrogen-bond donors (Lipinski definition) is 0. The van der Waals surface area contributed by atoms with Crippen molar-refractivity contribution in [3.63, 3.8) is 0 Å². The van der Waals surface area contributed by atoms with Crippen LogP contribution in [0.5, 0.6) is 0 Å². The predicted molar refractivity (Wildman–Crippen MR) is 42.4 cm³/mol. The average Bonchev–Trinajstić information content (AvgIpc) is 2.47. The molecule has 1 rings (SSSR count). The van der Waals surface area contributed by atoms with Crippen LogP contribution in [-0.4, -0.2) is 37.3 Å². The van der Waals surface area contributed by atoms with E-state index in [0.717, 1.165) is 0 Å². The van der Waals surface area contributed by atoms with Gasteiger partial charge in [-0.05, 0) is 6.92 Å². The highest BCUT2D eigenvalue weighted by Crippen LogP contribution is 2.39. The number of halogens is 5. The molecule has 1 fully saturated rings. The molecule has 0 bridgehead atoms. The van der Waals surface area contributed by atoms with E-state index in [1.807, 2.05) is 0 Å². The van der Waals surface area contributed by atoms with Gasteiger partial charge in [0.05, 0.1) is 0 Å². The third-order valence-electron chi connectivity index (χ3n) is 2.10. The third kappa shape index (κ3) is 3.42. The van der Waals surface area contributed by atoms with Crippen molar-refractivity contribution in [2.45, 2.75) is 37.8 Å². The smallest absolute Gasteiger partial charge is 0.430 e. The number of carbonyl (C=O) groups is 1. The molecule has 4 nitrogen and oxygen atoms in total. The summed E-state index contributed by atoms with van der Waals surface area (Å²) in [5.74, 6) is 0. The monoisotopic (exact) mass is 264 g/mol. The number of cyclic esters (lactones) is 2. The Morgan fingerprint density at radius 1 is 1.47 bits per heavy atom. The summed E-state index contributed by atoms with van der Waals surface area (Å²) < 4.78 is 74.2. The molecule has 0 spiro atoms. The first-order valence-electron chi connectivity index (χ1n) is 4.50. The second-order valence-electron chi connectivity index (χ2n) is 3.60. The molecule has 17 heavy (non-hydrogen) atoms. The summed E-state index contributed by atoms with van der Waals surface area (Å²) in [6.45, 7) is -3.85. The molecule has 100 valence electrons. The van der Waals surface area contributed by atoms with E-state index in [9.17, 15) is 26.7 Å². The molecule has 0 aromatic carbocycles. The van der Waals surface area contributed by atoms with E-state index in [0.29, 0.717) is 6.92 Å². The zero-order valence-electron chi connectivity index (χ0n) is 8.59. The molecule has 0 aliphatic carbocycles. The van der Waals surface area contributed by atoms with Gasteiger partial charge in [-0.3, -0.25) is 4.74 Å². The lowest BCUT2D eigenvalue weighted by molar-refractivity contribution is -0.366. The molecular weight excluding hydrogens is 255 g/mol. The van der Waals surface area contributed by atoms with E-state index in [-0.39, 0.29) is 0 Å². The molecular formula is C8H9F5O4. The molecule has 0 radical (unpaired) electrons. The topological polar surface area (TPSA) is 44.8 Å². The minimum absolute atomic E-state index is 0.377. The van der Waals surface area contributed by atoms with Gasteiger partial charge >= 0.3 is 18.9 Å². The molecule has 2 unspecified atom stereocenters. The van der Waals surface area contributed by atoms with Crippen molar-refractivity contribution in [2.75, 3.05) is 6.61 Å². The Bertz CT molecular complexity index is 294. The first-order chi connectivity index (χ1) is 7.64. The second kappa shape index (κ2) is 4.63. The minimum Gasteiger partial charge on any atom is -0.430 e. The van der Waals surface area contributed by atoms with Gasteiger partial charge in [-0.15, -0.1) is 0 Å². The maximum absolute atomic E-state index is 13.6. The van der Waals surface area contributed by atoms with Crippen LogP contribution in [0.25, 0.3) is 0 Å². The van der Waals surface area contributed by atoms with E-state index >= 15 is 0 Å². The van der Waals surface area contributed by atoms with Crippen molar-refractivity contribution in [3.05, 3.63) is 0 Å². The van der Waals surface area contributed by atoms with Crippen LogP contribution in [0.1, 0.15) is 13.3 Å².